The van der Waals surface area contributed by atoms with Crippen LogP contribution in [-0.4, -0.2) is 46.0 Å². The van der Waals surface area contributed by atoms with Crippen LogP contribution in [0.2, 0.25) is 78.6 Å². The first-order valence-electron chi connectivity index (χ1n) is 8.94. The first-order chi connectivity index (χ1) is 9.83. The first kappa shape index (κ1) is 32.9. The van der Waals surface area contributed by atoms with Crippen LogP contribution in [0.3, 0.4) is 0 Å². The van der Waals surface area contributed by atoms with Crippen molar-refractivity contribution in [2.45, 2.75) is 92.4 Å². The van der Waals surface area contributed by atoms with E-state index in [1.807, 2.05) is 13.8 Å². The topological polar surface area (TPSA) is 42.3 Å². The molecule has 0 aromatic heterocycles. The summed E-state index contributed by atoms with van der Waals surface area (Å²) in [5, 5.41) is 3.97. The van der Waals surface area contributed by atoms with Gasteiger partial charge in [0.2, 0.25) is 0 Å². The zero-order valence-corrected chi connectivity index (χ0v) is 24.1. The van der Waals surface area contributed by atoms with E-state index in [1.54, 1.807) is 0 Å². The van der Waals surface area contributed by atoms with Gasteiger partial charge in [0.05, 0.1) is 0 Å². The van der Waals surface area contributed by atoms with Crippen molar-refractivity contribution in [1.29, 1.82) is 0 Å². The second-order valence-electron chi connectivity index (χ2n) is 9.76. The average molecular weight is 452 g/mol. The summed E-state index contributed by atoms with van der Waals surface area (Å²) >= 11 is 0. The molecule has 0 saturated heterocycles. The van der Waals surface area contributed by atoms with Crippen LogP contribution in [0.1, 0.15) is 13.8 Å². The summed E-state index contributed by atoms with van der Waals surface area (Å²) in [5.74, 6) is 0. The minimum atomic E-state index is -1.11. The number of nitrogens with zero attached hydrogens (tertiary/aromatic N) is 3. The molecule has 0 amide bonds. The van der Waals surface area contributed by atoms with E-state index in [0.29, 0.717) is 0 Å². The van der Waals surface area contributed by atoms with Gasteiger partial charge in [-0.3, -0.25) is 0 Å². The van der Waals surface area contributed by atoms with Crippen molar-refractivity contribution >= 4 is 32.9 Å². The molecule has 0 atom stereocenters. The molecule has 0 aromatic rings. The molecule has 0 fully saturated rings. The molecule has 0 bridgehead atoms. The van der Waals surface area contributed by atoms with Crippen molar-refractivity contribution in [3.63, 3.8) is 0 Å². The summed E-state index contributed by atoms with van der Waals surface area (Å²) < 4.78 is 9.64. The third kappa shape index (κ3) is 49.5. The Morgan fingerprint density at radius 3 is 0.625 bits per heavy atom. The molecule has 0 aliphatic carbocycles. The van der Waals surface area contributed by atoms with Gasteiger partial charge >= 0.3 is 16.8 Å². The Labute approximate surface area is 169 Å². The molecule has 8 heteroatoms. The van der Waals surface area contributed by atoms with Gasteiger partial charge in [-0.25, -0.2) is 0 Å². The molecular weight excluding hydrogens is 405 g/mol. The summed E-state index contributed by atoms with van der Waals surface area (Å²) in [5.41, 5.74) is 0. The van der Waals surface area contributed by atoms with Crippen LogP contribution < -0.4 is 0 Å². The molecule has 24 heavy (non-hydrogen) atoms. The van der Waals surface area contributed by atoms with Crippen molar-refractivity contribution in [1.82, 2.24) is 0 Å². The zero-order chi connectivity index (χ0) is 19.5. The van der Waals surface area contributed by atoms with Crippen LogP contribution in [0.5, 0.6) is 0 Å². The molecule has 0 spiro atoms. The van der Waals surface area contributed by atoms with E-state index >= 15 is 0 Å². The molecule has 150 valence electrons. The SMILES string of the molecule is CC[N-]CC.C[Si](C)(C)[N-][Si](C)(C)C.C[Si](C)(C)[N-][Si](C)(C)C.[Co+3]. The van der Waals surface area contributed by atoms with Crippen LogP contribution in [0.25, 0.3) is 14.6 Å². The molecule has 0 heterocycles. The van der Waals surface area contributed by atoms with Gasteiger partial charge in [-0.1, -0.05) is 125 Å². The summed E-state index contributed by atoms with van der Waals surface area (Å²) in [6, 6.07) is 0. The van der Waals surface area contributed by atoms with Gasteiger partial charge in [-0.2, -0.15) is 13.1 Å². The van der Waals surface area contributed by atoms with Crippen molar-refractivity contribution < 1.29 is 16.8 Å². The number of hydrogen-bond acceptors (Lipinski definition) is 0. The Hall–Kier alpha value is 1.25. The largest absolute Gasteiger partial charge is 3.00 e. The van der Waals surface area contributed by atoms with Crippen LogP contribution in [0, 0.1) is 0 Å². The Morgan fingerprint density at radius 2 is 0.625 bits per heavy atom. The van der Waals surface area contributed by atoms with Gasteiger partial charge in [-0.05, 0) is 0 Å². The molecule has 3 nitrogen and oxygen atoms in total. The van der Waals surface area contributed by atoms with E-state index in [0.717, 1.165) is 13.1 Å². The Kier molecular flexibility index (Phi) is 19.6. The van der Waals surface area contributed by atoms with Crippen LogP contribution in [0.4, 0.5) is 0 Å². The average Bonchev–Trinajstić information content (AvgIpc) is 2.07. The van der Waals surface area contributed by atoms with Crippen molar-refractivity contribution in [3.05, 3.63) is 14.6 Å². The molecular formula is C16H46CoN3Si4. The monoisotopic (exact) mass is 451 g/mol. The maximum Gasteiger partial charge on any atom is 3.00 e. The van der Waals surface area contributed by atoms with Crippen LogP contribution >= 0.6 is 0 Å². The quantitative estimate of drug-likeness (QED) is 0.376. The Morgan fingerprint density at radius 1 is 0.458 bits per heavy atom. The van der Waals surface area contributed by atoms with E-state index in [4.69, 9.17) is 9.30 Å². The standard InChI is InChI=1S/2C6H18NSi2.C4H10N.Co/c2*1-8(2,3)7-9(4,5)6;1-3-5-4-2;/h2*1-6H3;3-4H2,1-2H3;/q3*-1;+3. The molecule has 0 saturated carbocycles. The summed E-state index contributed by atoms with van der Waals surface area (Å²) in [6.07, 6.45) is 0. The van der Waals surface area contributed by atoms with Gasteiger partial charge in [0.1, 0.15) is 0 Å². The van der Waals surface area contributed by atoms with E-state index < -0.39 is 32.9 Å². The van der Waals surface area contributed by atoms with E-state index in [2.05, 4.69) is 83.9 Å². The van der Waals surface area contributed by atoms with E-state index in [1.165, 1.54) is 0 Å². The second kappa shape index (κ2) is 14.3. The fourth-order valence-corrected chi connectivity index (χ4v) is 18.3. The van der Waals surface area contributed by atoms with Crippen LogP contribution in [-0.2, 0) is 16.8 Å². The smallest absolute Gasteiger partial charge is 0.668 e. The van der Waals surface area contributed by atoms with E-state index in [-0.39, 0.29) is 16.8 Å². The summed E-state index contributed by atoms with van der Waals surface area (Å²) in [6.45, 7) is 33.6. The fourth-order valence-electron chi connectivity index (χ4n) is 2.24. The van der Waals surface area contributed by atoms with Crippen molar-refractivity contribution in [2.24, 2.45) is 0 Å². The van der Waals surface area contributed by atoms with Gasteiger partial charge in [0, 0.05) is 0 Å². The van der Waals surface area contributed by atoms with Gasteiger partial charge < -0.3 is 14.6 Å². The maximum absolute atomic E-state index is 4.82. The number of hydrogen-bond donors (Lipinski definition) is 0. The van der Waals surface area contributed by atoms with Crippen LogP contribution in [0.15, 0.2) is 0 Å². The molecule has 0 aliphatic heterocycles. The minimum Gasteiger partial charge on any atom is -0.668 e. The zero-order valence-electron chi connectivity index (χ0n) is 19.1. The van der Waals surface area contributed by atoms with Crippen molar-refractivity contribution in [3.8, 4) is 0 Å². The maximum atomic E-state index is 4.82. The molecule has 0 aromatic carbocycles. The predicted octanol–water partition coefficient (Wildman–Crippen LogP) is 7.46. The third-order valence-corrected chi connectivity index (χ3v) is 12.5. The van der Waals surface area contributed by atoms with E-state index in [9.17, 15) is 0 Å². The molecule has 0 unspecified atom stereocenters. The summed E-state index contributed by atoms with van der Waals surface area (Å²) in [7, 11) is -4.42. The molecule has 0 rings (SSSR count). The van der Waals surface area contributed by atoms with Crippen molar-refractivity contribution in [2.75, 3.05) is 13.1 Å². The molecule has 0 radical (unpaired) electrons. The third-order valence-electron chi connectivity index (χ3n) is 1.79. The van der Waals surface area contributed by atoms with Gasteiger partial charge in [-0.15, -0.1) is 0 Å². The first-order valence-corrected chi connectivity index (χ1v) is 22.7. The predicted molar refractivity (Wildman–Crippen MR) is 125 cm³/mol. The minimum absolute atomic E-state index is 0. The Bertz CT molecular complexity index is 225. The molecule has 0 N–H and O–H groups in total. The number of rotatable bonds is 6. The Balaban J connectivity index is -0.000000128. The van der Waals surface area contributed by atoms with Gasteiger partial charge in [0.15, 0.2) is 0 Å². The van der Waals surface area contributed by atoms with Gasteiger partial charge in [0.25, 0.3) is 0 Å². The second-order valence-corrected chi connectivity index (χ2v) is 28.9. The fraction of sp³-hybridized carbons (Fsp3) is 1.00. The molecule has 0 aliphatic rings. The summed E-state index contributed by atoms with van der Waals surface area (Å²) in [4.78, 5) is 0. The normalized spacial score (nSPS) is 12.2.